The normalized spacial score (nSPS) is 12.3. The van der Waals surface area contributed by atoms with E-state index in [9.17, 15) is 4.79 Å². The van der Waals surface area contributed by atoms with Gasteiger partial charge in [0.2, 0.25) is 5.91 Å². The van der Waals surface area contributed by atoms with Crippen LogP contribution in [-0.2, 0) is 11.2 Å². The van der Waals surface area contributed by atoms with Crippen molar-refractivity contribution in [3.63, 3.8) is 0 Å². The van der Waals surface area contributed by atoms with Gasteiger partial charge in [0, 0.05) is 27.8 Å². The topological polar surface area (TPSA) is 34.0 Å². The smallest absolute Gasteiger partial charge is 0.247 e. The van der Waals surface area contributed by atoms with Crippen LogP contribution >= 0.6 is 11.6 Å². The van der Waals surface area contributed by atoms with E-state index in [1.54, 1.807) is 0 Å². The first kappa shape index (κ1) is 16.6. The van der Waals surface area contributed by atoms with Crippen molar-refractivity contribution in [2.75, 3.05) is 5.32 Å². The molecular formula is C20H21ClN2O. The number of aryl methyl sites for hydroxylation is 2. The van der Waals surface area contributed by atoms with Crippen molar-refractivity contribution in [3.8, 4) is 0 Å². The van der Waals surface area contributed by atoms with Gasteiger partial charge in [-0.25, -0.2) is 0 Å². The lowest BCUT2D eigenvalue weighted by Gasteiger charge is -2.18. The molecule has 24 heavy (non-hydrogen) atoms. The molecule has 0 fully saturated rings. The van der Waals surface area contributed by atoms with Gasteiger partial charge in [-0.05, 0) is 55.7 Å². The van der Waals surface area contributed by atoms with E-state index in [2.05, 4.69) is 18.3 Å². The van der Waals surface area contributed by atoms with Gasteiger partial charge in [-0.1, -0.05) is 36.7 Å². The second-order valence-corrected chi connectivity index (χ2v) is 6.49. The lowest BCUT2D eigenvalue weighted by molar-refractivity contribution is -0.118. The van der Waals surface area contributed by atoms with Crippen LogP contribution in [0.3, 0.4) is 0 Å². The van der Waals surface area contributed by atoms with Crippen LogP contribution in [0.15, 0.2) is 48.7 Å². The maximum absolute atomic E-state index is 12.8. The van der Waals surface area contributed by atoms with Crippen molar-refractivity contribution < 1.29 is 4.79 Å². The Kier molecular flexibility index (Phi) is 4.63. The van der Waals surface area contributed by atoms with Crippen molar-refractivity contribution >= 4 is 34.1 Å². The fourth-order valence-electron chi connectivity index (χ4n) is 3.03. The number of aromatic nitrogens is 1. The monoisotopic (exact) mass is 340 g/mol. The number of halogens is 1. The third-order valence-corrected chi connectivity index (χ3v) is 4.70. The maximum atomic E-state index is 12.8. The number of fused-ring (bicyclic) bond motifs is 1. The minimum absolute atomic E-state index is 0.0218. The number of anilines is 1. The van der Waals surface area contributed by atoms with Crippen molar-refractivity contribution in [1.82, 2.24) is 4.57 Å². The molecule has 3 nitrogen and oxygen atoms in total. The van der Waals surface area contributed by atoms with Crippen LogP contribution in [0.2, 0.25) is 5.02 Å². The molecule has 124 valence electrons. The molecular weight excluding hydrogens is 320 g/mol. The molecule has 0 bridgehead atoms. The quantitative estimate of drug-likeness (QED) is 0.681. The minimum Gasteiger partial charge on any atom is -0.335 e. The molecule has 0 aliphatic heterocycles. The molecule has 1 heterocycles. The third kappa shape index (κ3) is 3.04. The highest BCUT2D eigenvalue weighted by Gasteiger charge is 2.18. The molecule has 3 rings (SSSR count). The predicted molar refractivity (Wildman–Crippen MR) is 101 cm³/mol. The average Bonchev–Trinajstić information content (AvgIpc) is 2.98. The summed E-state index contributed by atoms with van der Waals surface area (Å²) in [5.74, 6) is -0.0218. The second-order valence-electron chi connectivity index (χ2n) is 6.05. The summed E-state index contributed by atoms with van der Waals surface area (Å²) in [6.45, 7) is 6.02. The number of nitrogens with one attached hydrogen (secondary N) is 1. The van der Waals surface area contributed by atoms with Crippen LogP contribution in [0, 0.1) is 6.92 Å². The first-order valence-electron chi connectivity index (χ1n) is 8.16. The SMILES string of the molecule is CCc1cccc(C)c1NC(=O)C(C)n1ccc2cc(Cl)ccc21. The Labute approximate surface area is 147 Å². The first-order chi connectivity index (χ1) is 11.5. The third-order valence-electron chi connectivity index (χ3n) is 4.47. The van der Waals surface area contributed by atoms with Crippen LogP contribution in [0.4, 0.5) is 5.69 Å². The van der Waals surface area contributed by atoms with E-state index in [1.165, 1.54) is 0 Å². The van der Waals surface area contributed by atoms with Gasteiger partial charge in [0.15, 0.2) is 0 Å². The highest BCUT2D eigenvalue weighted by molar-refractivity contribution is 6.31. The maximum Gasteiger partial charge on any atom is 0.247 e. The molecule has 0 radical (unpaired) electrons. The fourth-order valence-corrected chi connectivity index (χ4v) is 3.21. The Balaban J connectivity index is 1.90. The molecule has 1 amide bonds. The largest absolute Gasteiger partial charge is 0.335 e. The van der Waals surface area contributed by atoms with Gasteiger partial charge < -0.3 is 9.88 Å². The van der Waals surface area contributed by atoms with Gasteiger partial charge in [-0.2, -0.15) is 0 Å². The summed E-state index contributed by atoms with van der Waals surface area (Å²) in [7, 11) is 0. The van der Waals surface area contributed by atoms with E-state index in [0.29, 0.717) is 5.02 Å². The Morgan fingerprint density at radius 2 is 2.04 bits per heavy atom. The van der Waals surface area contributed by atoms with Gasteiger partial charge in [0.25, 0.3) is 0 Å². The summed E-state index contributed by atoms with van der Waals surface area (Å²) in [5, 5.41) is 4.84. The van der Waals surface area contributed by atoms with E-state index in [1.807, 2.05) is 61.0 Å². The van der Waals surface area contributed by atoms with Crippen LogP contribution < -0.4 is 5.32 Å². The Morgan fingerprint density at radius 1 is 1.25 bits per heavy atom. The van der Waals surface area contributed by atoms with E-state index in [4.69, 9.17) is 11.6 Å². The first-order valence-corrected chi connectivity index (χ1v) is 8.54. The zero-order valence-corrected chi connectivity index (χ0v) is 14.9. The Bertz CT molecular complexity index is 898. The fraction of sp³-hybridized carbons (Fsp3) is 0.250. The zero-order valence-electron chi connectivity index (χ0n) is 14.1. The van der Waals surface area contributed by atoms with E-state index in [0.717, 1.165) is 34.1 Å². The highest BCUT2D eigenvalue weighted by atomic mass is 35.5. The number of rotatable bonds is 4. The standard InChI is InChI=1S/C20H21ClN2O/c1-4-15-7-5-6-13(2)19(15)22-20(24)14(3)23-11-10-16-12-17(21)8-9-18(16)23/h5-12,14H,4H2,1-3H3,(H,22,24). The molecule has 0 spiro atoms. The molecule has 3 aromatic rings. The molecule has 1 aromatic heterocycles. The molecule has 0 aliphatic carbocycles. The molecule has 1 N–H and O–H groups in total. The molecule has 0 aliphatic rings. The van der Waals surface area contributed by atoms with E-state index >= 15 is 0 Å². The van der Waals surface area contributed by atoms with Crippen molar-refractivity contribution in [1.29, 1.82) is 0 Å². The van der Waals surface area contributed by atoms with Crippen LogP contribution in [-0.4, -0.2) is 10.5 Å². The Morgan fingerprint density at radius 3 is 2.79 bits per heavy atom. The number of hydrogen-bond acceptors (Lipinski definition) is 1. The summed E-state index contributed by atoms with van der Waals surface area (Å²) >= 11 is 6.04. The molecule has 1 unspecified atom stereocenters. The number of para-hydroxylation sites is 1. The molecule has 4 heteroatoms. The summed E-state index contributed by atoms with van der Waals surface area (Å²) in [4.78, 5) is 12.8. The molecule has 0 saturated carbocycles. The van der Waals surface area contributed by atoms with Crippen LogP contribution in [0.1, 0.15) is 31.0 Å². The van der Waals surface area contributed by atoms with Gasteiger partial charge in [-0.3, -0.25) is 4.79 Å². The number of carbonyl (C=O) groups is 1. The van der Waals surface area contributed by atoms with Crippen LogP contribution in [0.5, 0.6) is 0 Å². The molecule has 1 atom stereocenters. The summed E-state index contributed by atoms with van der Waals surface area (Å²) in [6, 6.07) is 13.5. The van der Waals surface area contributed by atoms with Gasteiger partial charge in [0.1, 0.15) is 6.04 Å². The highest BCUT2D eigenvalue weighted by Crippen LogP contribution is 2.26. The zero-order chi connectivity index (χ0) is 17.3. The van der Waals surface area contributed by atoms with Gasteiger partial charge >= 0.3 is 0 Å². The molecule has 0 saturated heterocycles. The summed E-state index contributed by atoms with van der Waals surface area (Å²) in [5.41, 5.74) is 4.16. The second kappa shape index (κ2) is 6.70. The summed E-state index contributed by atoms with van der Waals surface area (Å²) < 4.78 is 1.98. The lowest BCUT2D eigenvalue weighted by Crippen LogP contribution is -2.24. The summed E-state index contributed by atoms with van der Waals surface area (Å²) in [6.07, 6.45) is 2.82. The van der Waals surface area contributed by atoms with Crippen molar-refractivity contribution in [2.45, 2.75) is 33.2 Å². The number of benzene rings is 2. The van der Waals surface area contributed by atoms with Crippen molar-refractivity contribution in [2.24, 2.45) is 0 Å². The predicted octanol–water partition coefficient (Wildman–Crippen LogP) is 5.37. The van der Waals surface area contributed by atoms with E-state index in [-0.39, 0.29) is 11.9 Å². The van der Waals surface area contributed by atoms with Crippen molar-refractivity contribution in [3.05, 3.63) is 64.8 Å². The number of carbonyl (C=O) groups excluding carboxylic acids is 1. The molecule has 2 aromatic carbocycles. The van der Waals surface area contributed by atoms with Gasteiger partial charge in [-0.15, -0.1) is 0 Å². The lowest BCUT2D eigenvalue weighted by atomic mass is 10.1. The van der Waals surface area contributed by atoms with Crippen LogP contribution in [0.25, 0.3) is 10.9 Å². The average molecular weight is 341 g/mol. The number of nitrogens with zero attached hydrogens (tertiary/aromatic N) is 1. The number of amides is 1. The minimum atomic E-state index is -0.312. The van der Waals surface area contributed by atoms with E-state index < -0.39 is 0 Å². The Hall–Kier alpha value is -2.26. The van der Waals surface area contributed by atoms with Gasteiger partial charge in [0.05, 0.1) is 0 Å². The number of hydrogen-bond donors (Lipinski definition) is 1.